The summed E-state index contributed by atoms with van der Waals surface area (Å²) in [5.74, 6) is 0.908. The first-order valence-corrected chi connectivity index (χ1v) is 6.98. The van der Waals surface area contributed by atoms with Gasteiger partial charge in [-0.05, 0) is 37.0 Å². The first kappa shape index (κ1) is 12.4. The van der Waals surface area contributed by atoms with Gasteiger partial charge < -0.3 is 5.32 Å². The third kappa shape index (κ3) is 3.47. The molecule has 1 N–H and O–H groups in total. The molecule has 0 radical (unpaired) electrons. The molecule has 0 heterocycles. The first-order chi connectivity index (χ1) is 8.22. The van der Waals surface area contributed by atoms with Crippen LogP contribution in [0.1, 0.15) is 38.2 Å². The van der Waals surface area contributed by atoms with Crippen LogP contribution in [0.5, 0.6) is 0 Å². The van der Waals surface area contributed by atoms with E-state index in [0.29, 0.717) is 6.04 Å². The van der Waals surface area contributed by atoms with Crippen LogP contribution >= 0.6 is 15.9 Å². The predicted molar refractivity (Wildman–Crippen MR) is 73.9 cm³/mol. The molecule has 2 rings (SSSR count). The molecule has 0 amide bonds. The van der Waals surface area contributed by atoms with Crippen molar-refractivity contribution in [2.45, 2.75) is 38.6 Å². The minimum absolute atomic E-state index is 0.490. The fourth-order valence-electron chi connectivity index (χ4n) is 2.04. The molecule has 0 spiro atoms. The highest BCUT2D eigenvalue weighted by atomic mass is 79.9. The van der Waals surface area contributed by atoms with Crippen LogP contribution in [0.3, 0.4) is 0 Å². The van der Waals surface area contributed by atoms with Crippen LogP contribution in [0.2, 0.25) is 0 Å². The molecule has 1 aliphatic carbocycles. The number of anilines is 1. The number of nitriles is 1. The van der Waals surface area contributed by atoms with Gasteiger partial charge in [0.1, 0.15) is 6.07 Å². The topological polar surface area (TPSA) is 35.8 Å². The molecule has 2 nitrogen and oxygen atoms in total. The average Bonchev–Trinajstić information content (AvgIpc) is 3.12. The van der Waals surface area contributed by atoms with E-state index in [0.717, 1.165) is 28.1 Å². The molecule has 1 aromatic carbocycles. The summed E-state index contributed by atoms with van der Waals surface area (Å²) in [6.45, 7) is 2.20. The molecular weight excluding hydrogens is 276 g/mol. The Labute approximate surface area is 111 Å². The summed E-state index contributed by atoms with van der Waals surface area (Å²) in [5, 5.41) is 12.6. The number of nitrogens with one attached hydrogen (secondary N) is 1. The van der Waals surface area contributed by atoms with Gasteiger partial charge in [-0.1, -0.05) is 35.7 Å². The SMILES string of the molecule is CCC(CC1CC1)Nc1cc(Br)ccc1C#N. The summed E-state index contributed by atoms with van der Waals surface area (Å²) in [7, 11) is 0. The molecule has 1 aromatic rings. The van der Waals surface area contributed by atoms with Crippen LogP contribution in [0.25, 0.3) is 0 Å². The molecule has 0 aliphatic heterocycles. The summed E-state index contributed by atoms with van der Waals surface area (Å²) in [5.41, 5.74) is 1.68. The van der Waals surface area contributed by atoms with Gasteiger partial charge in [-0.25, -0.2) is 0 Å². The Morgan fingerprint density at radius 2 is 2.29 bits per heavy atom. The van der Waals surface area contributed by atoms with Crippen LogP contribution < -0.4 is 5.32 Å². The molecule has 1 fully saturated rings. The minimum atomic E-state index is 0.490. The van der Waals surface area contributed by atoms with Crippen LogP contribution in [0.4, 0.5) is 5.69 Å². The molecule has 90 valence electrons. The van der Waals surface area contributed by atoms with Gasteiger partial charge in [-0.2, -0.15) is 5.26 Å². The van der Waals surface area contributed by atoms with E-state index >= 15 is 0 Å². The highest BCUT2D eigenvalue weighted by Gasteiger charge is 2.24. The lowest BCUT2D eigenvalue weighted by Gasteiger charge is -2.19. The van der Waals surface area contributed by atoms with Crippen molar-refractivity contribution < 1.29 is 0 Å². The van der Waals surface area contributed by atoms with Gasteiger partial charge in [0.05, 0.1) is 11.3 Å². The normalized spacial score (nSPS) is 16.3. The van der Waals surface area contributed by atoms with Crippen molar-refractivity contribution in [3.8, 4) is 6.07 Å². The van der Waals surface area contributed by atoms with Gasteiger partial charge in [-0.15, -0.1) is 0 Å². The van der Waals surface area contributed by atoms with Crippen LogP contribution in [-0.4, -0.2) is 6.04 Å². The zero-order chi connectivity index (χ0) is 12.3. The average molecular weight is 293 g/mol. The fourth-order valence-corrected chi connectivity index (χ4v) is 2.40. The van der Waals surface area contributed by atoms with Crippen LogP contribution in [0.15, 0.2) is 22.7 Å². The maximum absolute atomic E-state index is 9.08. The second-order valence-corrected chi connectivity index (χ2v) is 5.65. The number of nitrogens with zero attached hydrogens (tertiary/aromatic N) is 1. The Kier molecular flexibility index (Phi) is 4.06. The minimum Gasteiger partial charge on any atom is -0.381 e. The van der Waals surface area contributed by atoms with Gasteiger partial charge >= 0.3 is 0 Å². The number of hydrogen-bond donors (Lipinski definition) is 1. The van der Waals surface area contributed by atoms with Crippen molar-refractivity contribution in [1.82, 2.24) is 0 Å². The standard InChI is InChI=1S/C14H17BrN2/c1-2-13(7-10-3-4-10)17-14-8-12(15)6-5-11(14)9-16/h5-6,8,10,13,17H,2-4,7H2,1H3. The smallest absolute Gasteiger partial charge is 0.101 e. The maximum atomic E-state index is 9.08. The van der Waals surface area contributed by atoms with Crippen molar-refractivity contribution in [1.29, 1.82) is 5.26 Å². The van der Waals surface area contributed by atoms with Gasteiger partial charge in [0.15, 0.2) is 0 Å². The van der Waals surface area contributed by atoms with Crippen molar-refractivity contribution in [2.75, 3.05) is 5.32 Å². The van der Waals surface area contributed by atoms with E-state index in [9.17, 15) is 0 Å². The van der Waals surface area contributed by atoms with Gasteiger partial charge in [0.2, 0.25) is 0 Å². The summed E-state index contributed by atoms with van der Waals surface area (Å²) in [4.78, 5) is 0. The Balaban J connectivity index is 2.09. The Morgan fingerprint density at radius 3 is 2.88 bits per heavy atom. The lowest BCUT2D eigenvalue weighted by Crippen LogP contribution is -2.19. The van der Waals surface area contributed by atoms with Gasteiger partial charge in [0, 0.05) is 10.5 Å². The van der Waals surface area contributed by atoms with E-state index < -0.39 is 0 Å². The van der Waals surface area contributed by atoms with Crippen LogP contribution in [-0.2, 0) is 0 Å². The number of halogens is 1. The molecule has 3 heteroatoms. The summed E-state index contributed by atoms with van der Waals surface area (Å²) < 4.78 is 1.01. The lowest BCUT2D eigenvalue weighted by atomic mass is 10.1. The summed E-state index contributed by atoms with van der Waals surface area (Å²) >= 11 is 3.45. The monoisotopic (exact) mass is 292 g/mol. The summed E-state index contributed by atoms with van der Waals surface area (Å²) in [6.07, 6.45) is 5.09. The Morgan fingerprint density at radius 1 is 1.53 bits per heavy atom. The quantitative estimate of drug-likeness (QED) is 0.878. The molecule has 0 bridgehead atoms. The predicted octanol–water partition coefficient (Wildman–Crippen LogP) is 4.31. The molecule has 1 atom stereocenters. The summed E-state index contributed by atoms with van der Waals surface area (Å²) in [6, 6.07) is 8.49. The molecule has 0 saturated heterocycles. The molecule has 1 saturated carbocycles. The fraction of sp³-hybridized carbons (Fsp3) is 0.500. The van der Waals surface area contributed by atoms with E-state index in [-0.39, 0.29) is 0 Å². The highest BCUT2D eigenvalue weighted by molar-refractivity contribution is 9.10. The van der Waals surface area contributed by atoms with Crippen LogP contribution in [0, 0.1) is 17.2 Å². The van der Waals surface area contributed by atoms with E-state index in [1.807, 2.05) is 18.2 Å². The third-order valence-corrected chi connectivity index (χ3v) is 3.76. The van der Waals surface area contributed by atoms with Gasteiger partial charge in [-0.3, -0.25) is 0 Å². The van der Waals surface area contributed by atoms with E-state index in [4.69, 9.17) is 5.26 Å². The zero-order valence-electron chi connectivity index (χ0n) is 10.0. The van der Waals surface area contributed by atoms with E-state index in [1.54, 1.807) is 0 Å². The molecule has 1 unspecified atom stereocenters. The third-order valence-electron chi connectivity index (χ3n) is 3.27. The second kappa shape index (κ2) is 5.55. The zero-order valence-corrected chi connectivity index (χ0v) is 11.6. The second-order valence-electron chi connectivity index (χ2n) is 4.73. The molecule has 0 aromatic heterocycles. The maximum Gasteiger partial charge on any atom is 0.101 e. The van der Waals surface area contributed by atoms with E-state index in [1.165, 1.54) is 19.3 Å². The first-order valence-electron chi connectivity index (χ1n) is 6.19. The molecular formula is C14H17BrN2. The van der Waals surface area contributed by atoms with Crippen molar-refractivity contribution in [3.63, 3.8) is 0 Å². The highest BCUT2D eigenvalue weighted by Crippen LogP contribution is 2.35. The molecule has 1 aliphatic rings. The van der Waals surface area contributed by atoms with Crippen molar-refractivity contribution in [2.24, 2.45) is 5.92 Å². The van der Waals surface area contributed by atoms with E-state index in [2.05, 4.69) is 34.2 Å². The van der Waals surface area contributed by atoms with Crippen molar-refractivity contribution in [3.05, 3.63) is 28.2 Å². The number of hydrogen-bond acceptors (Lipinski definition) is 2. The lowest BCUT2D eigenvalue weighted by molar-refractivity contribution is 0.587. The van der Waals surface area contributed by atoms with Crippen molar-refractivity contribution >= 4 is 21.6 Å². The number of benzene rings is 1. The number of rotatable bonds is 5. The molecule has 17 heavy (non-hydrogen) atoms. The largest absolute Gasteiger partial charge is 0.381 e. The Bertz CT molecular complexity index is 432. The Hall–Kier alpha value is -1.01. The van der Waals surface area contributed by atoms with Gasteiger partial charge in [0.25, 0.3) is 0 Å².